The Morgan fingerprint density at radius 2 is 1.89 bits per heavy atom. The zero-order valence-electron chi connectivity index (χ0n) is 18.2. The minimum absolute atomic E-state index is 0.0899. The summed E-state index contributed by atoms with van der Waals surface area (Å²) < 4.78 is 41.9. The normalized spacial score (nSPS) is 12.1. The third-order valence-electron chi connectivity index (χ3n) is 4.72. The molecule has 0 aliphatic heterocycles. The fourth-order valence-electron chi connectivity index (χ4n) is 3.08. The minimum atomic E-state index is -5.06. The van der Waals surface area contributed by atoms with Gasteiger partial charge in [-0.3, -0.25) is 14.4 Å². The molecule has 0 unspecified atom stereocenters. The molecule has 0 saturated heterocycles. The van der Waals surface area contributed by atoms with Crippen LogP contribution in [-0.4, -0.2) is 53.2 Å². The Morgan fingerprint density at radius 1 is 1.17 bits per heavy atom. The van der Waals surface area contributed by atoms with Crippen molar-refractivity contribution in [2.75, 3.05) is 24.7 Å². The molecule has 0 radical (unpaired) electrons. The van der Waals surface area contributed by atoms with Gasteiger partial charge in [-0.25, -0.2) is 4.98 Å². The monoisotopic (exact) mass is 506 g/mol. The molecule has 182 valence electrons. The summed E-state index contributed by atoms with van der Waals surface area (Å²) in [4.78, 5) is 44.3. The van der Waals surface area contributed by atoms with Crippen LogP contribution in [0.4, 0.5) is 24.5 Å². The fraction of sp³-hybridized carbons (Fsp3) is 0.136. The van der Waals surface area contributed by atoms with Crippen LogP contribution >= 0.6 is 11.6 Å². The van der Waals surface area contributed by atoms with Crippen molar-refractivity contribution >= 4 is 51.8 Å². The van der Waals surface area contributed by atoms with E-state index in [0.29, 0.717) is 0 Å². The second-order valence-electron chi connectivity index (χ2n) is 7.34. The molecule has 1 aromatic carbocycles. The molecule has 0 bridgehead atoms. The van der Waals surface area contributed by atoms with Gasteiger partial charge in [0, 0.05) is 43.0 Å². The van der Waals surface area contributed by atoms with Crippen molar-refractivity contribution in [3.8, 4) is 0 Å². The molecule has 3 aromatic rings. The molecule has 0 spiro atoms. The molecule has 0 aliphatic rings. The van der Waals surface area contributed by atoms with E-state index < -0.39 is 34.8 Å². The van der Waals surface area contributed by atoms with Crippen molar-refractivity contribution < 1.29 is 22.8 Å². The summed E-state index contributed by atoms with van der Waals surface area (Å²) in [5, 5.41) is 12.0. The highest BCUT2D eigenvalue weighted by molar-refractivity contribution is 6.33. The first-order chi connectivity index (χ1) is 16.4. The Bertz CT molecular complexity index is 1420. The summed E-state index contributed by atoms with van der Waals surface area (Å²) in [6, 6.07) is 6.67. The van der Waals surface area contributed by atoms with Crippen LogP contribution in [0.25, 0.3) is 10.8 Å². The van der Waals surface area contributed by atoms with Crippen LogP contribution in [0.3, 0.4) is 0 Å². The average Bonchev–Trinajstić information content (AvgIpc) is 2.78. The van der Waals surface area contributed by atoms with Gasteiger partial charge in [0.05, 0.1) is 22.5 Å². The topological polar surface area (TPSA) is 131 Å². The minimum Gasteiger partial charge on any atom is -0.350 e. The number of carbonyl (C=O) groups is 2. The third kappa shape index (κ3) is 5.49. The molecule has 0 saturated carbocycles. The lowest BCUT2D eigenvalue weighted by molar-refractivity contribution is -0.114. The first kappa shape index (κ1) is 25.4. The number of rotatable bonds is 6. The maximum Gasteiger partial charge on any atom is 0.432 e. The first-order valence-electron chi connectivity index (χ1n) is 9.82. The molecule has 0 fully saturated rings. The number of amides is 2. The molecule has 2 heterocycles. The average molecular weight is 507 g/mol. The number of carbonyl (C=O) groups excluding carboxylic acids is 2. The molecular formula is C22H18ClF3N6O3. The Kier molecular flexibility index (Phi) is 7.25. The summed E-state index contributed by atoms with van der Waals surface area (Å²) >= 11 is 6.04. The van der Waals surface area contributed by atoms with Crippen LogP contribution in [0.15, 0.2) is 58.8 Å². The molecule has 0 atom stereocenters. The second-order valence-corrected chi connectivity index (χ2v) is 7.74. The van der Waals surface area contributed by atoms with Crippen LogP contribution in [0.2, 0.25) is 5.02 Å². The van der Waals surface area contributed by atoms with Crippen molar-refractivity contribution in [1.82, 2.24) is 14.9 Å². The summed E-state index contributed by atoms with van der Waals surface area (Å²) in [5.41, 5.74) is -3.35. The Hall–Kier alpha value is -4.19. The van der Waals surface area contributed by atoms with Gasteiger partial charge in [-0.15, -0.1) is 0 Å². The summed E-state index contributed by atoms with van der Waals surface area (Å²) in [5.74, 6) is -1.78. The Labute approximate surface area is 201 Å². The SMILES string of the molecule is CN(C)C(=O)c1ncc(NC(=O)/C(C=N)=C(/Nc2cccc3c(=O)[nH]ccc23)C(F)(F)F)cc1Cl. The molecule has 2 amide bonds. The molecular weight excluding hydrogens is 489 g/mol. The van der Waals surface area contributed by atoms with Gasteiger partial charge in [0.25, 0.3) is 17.4 Å². The van der Waals surface area contributed by atoms with Gasteiger partial charge in [0.1, 0.15) is 11.4 Å². The van der Waals surface area contributed by atoms with Crippen molar-refractivity contribution in [2.45, 2.75) is 6.18 Å². The largest absolute Gasteiger partial charge is 0.432 e. The number of nitrogens with one attached hydrogen (secondary N) is 4. The summed E-state index contributed by atoms with van der Waals surface area (Å²) in [6.45, 7) is 0. The van der Waals surface area contributed by atoms with Crippen molar-refractivity contribution in [2.24, 2.45) is 0 Å². The number of fused-ring (bicyclic) bond motifs is 1. The van der Waals surface area contributed by atoms with Crippen LogP contribution < -0.4 is 16.2 Å². The van der Waals surface area contributed by atoms with E-state index in [2.05, 4.69) is 20.6 Å². The lowest BCUT2D eigenvalue weighted by Gasteiger charge is -2.18. The van der Waals surface area contributed by atoms with Crippen molar-refractivity contribution in [1.29, 1.82) is 5.41 Å². The zero-order valence-corrected chi connectivity index (χ0v) is 19.0. The number of hydrogen-bond acceptors (Lipinski definition) is 6. The van der Waals surface area contributed by atoms with Crippen molar-refractivity contribution in [3.63, 3.8) is 0 Å². The van der Waals surface area contributed by atoms with Gasteiger partial charge >= 0.3 is 6.18 Å². The number of alkyl halides is 3. The second kappa shape index (κ2) is 9.97. The number of nitrogens with zero attached hydrogens (tertiary/aromatic N) is 2. The highest BCUT2D eigenvalue weighted by atomic mass is 35.5. The van der Waals surface area contributed by atoms with E-state index in [1.54, 1.807) is 0 Å². The lowest BCUT2D eigenvalue weighted by atomic mass is 10.1. The highest BCUT2D eigenvalue weighted by Crippen LogP contribution is 2.32. The molecule has 0 aliphatic carbocycles. The number of halogens is 4. The van der Waals surface area contributed by atoms with Crippen molar-refractivity contribution in [3.05, 3.63) is 75.1 Å². The Balaban J connectivity index is 2.01. The van der Waals surface area contributed by atoms with E-state index in [1.807, 2.05) is 0 Å². The van der Waals surface area contributed by atoms with Crippen LogP contribution in [0.1, 0.15) is 10.5 Å². The molecule has 3 rings (SSSR count). The van der Waals surface area contributed by atoms with Gasteiger partial charge in [-0.1, -0.05) is 17.7 Å². The predicted molar refractivity (Wildman–Crippen MR) is 126 cm³/mol. The highest BCUT2D eigenvalue weighted by Gasteiger charge is 2.38. The quantitative estimate of drug-likeness (QED) is 0.298. The molecule has 2 aromatic heterocycles. The standard InChI is InChI=1S/C22H18ClF3N6O3/c1-32(2)21(35)17-15(23)8-11(10-29-17)30-20(34)14(9-27)18(22(24,25)26)31-16-5-3-4-13-12(16)6-7-28-19(13)33/h3-10,27,31H,1-2H3,(H,28,33)(H,30,34)/b18-14+,27-9?. The number of aromatic nitrogens is 2. The third-order valence-corrected chi connectivity index (χ3v) is 5.01. The van der Waals surface area contributed by atoms with E-state index in [1.165, 1.54) is 49.5 Å². The Morgan fingerprint density at radius 3 is 2.49 bits per heavy atom. The lowest BCUT2D eigenvalue weighted by Crippen LogP contribution is -2.28. The zero-order chi connectivity index (χ0) is 25.9. The van der Waals surface area contributed by atoms with Crippen LogP contribution in [0.5, 0.6) is 0 Å². The van der Waals surface area contributed by atoms with Crippen LogP contribution in [-0.2, 0) is 4.79 Å². The number of H-pyrrole nitrogens is 1. The number of benzene rings is 1. The van der Waals surface area contributed by atoms with Gasteiger partial charge in [-0.05, 0) is 24.3 Å². The maximum absolute atomic E-state index is 14.0. The molecule has 13 heteroatoms. The summed E-state index contributed by atoms with van der Waals surface area (Å²) in [6.07, 6.45) is -2.48. The summed E-state index contributed by atoms with van der Waals surface area (Å²) in [7, 11) is 2.96. The van der Waals surface area contributed by atoms with Gasteiger partial charge in [0.2, 0.25) is 0 Å². The number of anilines is 2. The molecule has 35 heavy (non-hydrogen) atoms. The molecule has 4 N–H and O–H groups in total. The van der Waals surface area contributed by atoms with E-state index in [9.17, 15) is 27.6 Å². The fourth-order valence-corrected chi connectivity index (χ4v) is 3.33. The predicted octanol–water partition coefficient (Wildman–Crippen LogP) is 3.79. The maximum atomic E-state index is 14.0. The first-order valence-corrected chi connectivity index (χ1v) is 10.2. The number of pyridine rings is 2. The number of allylic oxidation sites excluding steroid dienone is 1. The van der Waals surface area contributed by atoms with Gasteiger partial charge in [0.15, 0.2) is 0 Å². The van der Waals surface area contributed by atoms with E-state index in [0.717, 1.165) is 12.3 Å². The van der Waals surface area contributed by atoms with E-state index >= 15 is 0 Å². The number of hydrogen-bond donors (Lipinski definition) is 4. The van der Waals surface area contributed by atoms with Gasteiger partial charge in [-0.2, -0.15) is 13.2 Å². The smallest absolute Gasteiger partial charge is 0.350 e. The van der Waals surface area contributed by atoms with E-state index in [4.69, 9.17) is 17.0 Å². The number of aromatic amines is 1. The van der Waals surface area contributed by atoms with Gasteiger partial charge < -0.3 is 25.9 Å². The molecule has 9 nitrogen and oxygen atoms in total. The van der Waals surface area contributed by atoms with Crippen LogP contribution in [0, 0.1) is 5.41 Å². The van der Waals surface area contributed by atoms with E-state index in [-0.39, 0.29) is 39.1 Å².